The average Bonchev–Trinajstić information content (AvgIpc) is 3.16. The maximum Gasteiger partial charge on any atom is 0.265 e. The molecule has 0 aliphatic heterocycles. The van der Waals surface area contributed by atoms with Gasteiger partial charge in [-0.2, -0.15) is 0 Å². The molecule has 0 unspecified atom stereocenters. The van der Waals surface area contributed by atoms with E-state index < -0.39 is 5.82 Å². The molecular weight excluding hydrogens is 488 g/mol. The van der Waals surface area contributed by atoms with Gasteiger partial charge < -0.3 is 0 Å². The van der Waals surface area contributed by atoms with Crippen molar-refractivity contribution in [3.8, 4) is 5.69 Å². The lowest BCUT2D eigenvalue weighted by Crippen LogP contribution is -2.24. The summed E-state index contributed by atoms with van der Waals surface area (Å²) < 4.78 is 17.2. The van der Waals surface area contributed by atoms with Crippen molar-refractivity contribution in [2.45, 2.75) is 13.5 Å². The van der Waals surface area contributed by atoms with Crippen molar-refractivity contribution in [3.05, 3.63) is 104 Å². The molecule has 6 nitrogen and oxygen atoms in total. The van der Waals surface area contributed by atoms with Gasteiger partial charge in [0.15, 0.2) is 11.3 Å². The monoisotopic (exact) mass is 503 g/mol. The molecule has 0 fully saturated rings. The number of benzene rings is 3. The van der Waals surface area contributed by atoms with Crippen LogP contribution in [0.2, 0.25) is 10.0 Å². The summed E-state index contributed by atoms with van der Waals surface area (Å²) in [7, 11) is 0. The van der Waals surface area contributed by atoms with E-state index in [-0.39, 0.29) is 17.1 Å². The smallest absolute Gasteiger partial charge is 0.265 e. The summed E-state index contributed by atoms with van der Waals surface area (Å²) >= 11 is 12.5. The Morgan fingerprint density at radius 1 is 0.857 bits per heavy atom. The number of aromatic nitrogens is 5. The molecule has 0 atom stereocenters. The third-order valence-corrected chi connectivity index (χ3v) is 6.66. The van der Waals surface area contributed by atoms with E-state index in [1.54, 1.807) is 28.2 Å². The first-order valence-electron chi connectivity index (χ1n) is 10.8. The number of para-hydroxylation sites is 2. The molecule has 172 valence electrons. The van der Waals surface area contributed by atoms with Crippen LogP contribution in [0, 0.1) is 12.7 Å². The third kappa shape index (κ3) is 3.47. The Morgan fingerprint density at radius 3 is 2.31 bits per heavy atom. The largest absolute Gasteiger partial charge is 0.292 e. The van der Waals surface area contributed by atoms with E-state index >= 15 is 0 Å². The molecule has 0 saturated heterocycles. The van der Waals surface area contributed by atoms with Gasteiger partial charge >= 0.3 is 0 Å². The fraction of sp³-hybridized carbons (Fsp3) is 0.0769. The van der Waals surface area contributed by atoms with Crippen LogP contribution in [0.5, 0.6) is 0 Å². The number of rotatable bonds is 3. The first-order valence-corrected chi connectivity index (χ1v) is 11.5. The van der Waals surface area contributed by atoms with Crippen molar-refractivity contribution < 1.29 is 4.39 Å². The Labute approximate surface area is 208 Å². The molecule has 6 rings (SSSR count). The summed E-state index contributed by atoms with van der Waals surface area (Å²) in [4.78, 5) is 28.3. The van der Waals surface area contributed by atoms with Crippen LogP contribution in [0.15, 0.2) is 71.5 Å². The summed E-state index contributed by atoms with van der Waals surface area (Å²) in [5.74, 6) is -0.0526. The number of halogens is 3. The number of hydrogen-bond donors (Lipinski definition) is 0. The minimum Gasteiger partial charge on any atom is -0.292 e. The molecule has 6 aromatic rings. The Bertz CT molecular complexity index is 1860. The molecule has 0 bridgehead atoms. The fourth-order valence-corrected chi connectivity index (χ4v) is 4.65. The second kappa shape index (κ2) is 8.15. The van der Waals surface area contributed by atoms with E-state index in [4.69, 9.17) is 38.2 Å². The second-order valence-corrected chi connectivity index (χ2v) is 8.97. The normalized spacial score (nSPS) is 11.7. The zero-order chi connectivity index (χ0) is 24.3. The van der Waals surface area contributed by atoms with Gasteiger partial charge in [-0.25, -0.2) is 19.3 Å². The zero-order valence-corrected chi connectivity index (χ0v) is 19.8. The first kappa shape index (κ1) is 21.7. The molecule has 3 heterocycles. The van der Waals surface area contributed by atoms with E-state index in [0.717, 1.165) is 5.56 Å². The summed E-state index contributed by atoms with van der Waals surface area (Å²) in [6.45, 7) is 2.01. The predicted molar refractivity (Wildman–Crippen MR) is 136 cm³/mol. The van der Waals surface area contributed by atoms with Gasteiger partial charge in [-0.3, -0.25) is 13.9 Å². The van der Waals surface area contributed by atoms with E-state index in [1.807, 2.05) is 42.5 Å². The standard InChI is InChI=1S/C26H16Cl2FN5O/c1-14-30-24-22(26(35)33(14)13-15-6-2-3-7-17(15)27)23-25(32-21-9-5-4-8-20(21)31-23)34(24)16-10-11-19(29)18(28)12-16/h2-12H,13H2,1H3. The molecule has 35 heavy (non-hydrogen) atoms. The van der Waals surface area contributed by atoms with Crippen molar-refractivity contribution in [1.82, 2.24) is 24.1 Å². The summed E-state index contributed by atoms with van der Waals surface area (Å²) in [6.07, 6.45) is 0. The molecule has 0 amide bonds. The Hall–Kier alpha value is -3.81. The van der Waals surface area contributed by atoms with Crippen LogP contribution >= 0.6 is 23.2 Å². The molecule has 0 saturated carbocycles. The Balaban J connectivity index is 1.73. The second-order valence-electron chi connectivity index (χ2n) is 8.16. The molecule has 3 aromatic carbocycles. The highest BCUT2D eigenvalue weighted by molar-refractivity contribution is 6.31. The summed E-state index contributed by atoms with van der Waals surface area (Å²) in [5, 5.41) is 0.833. The van der Waals surface area contributed by atoms with Gasteiger partial charge in [0.05, 0.1) is 28.3 Å². The van der Waals surface area contributed by atoms with Crippen LogP contribution in [0.1, 0.15) is 11.4 Å². The zero-order valence-electron chi connectivity index (χ0n) is 18.3. The van der Waals surface area contributed by atoms with Crippen molar-refractivity contribution in [1.29, 1.82) is 0 Å². The first-order chi connectivity index (χ1) is 16.9. The quantitative estimate of drug-likeness (QED) is 0.293. The Kier molecular flexibility index (Phi) is 5.05. The van der Waals surface area contributed by atoms with Gasteiger partial charge in [-0.15, -0.1) is 0 Å². The molecule has 0 radical (unpaired) electrons. The van der Waals surface area contributed by atoms with Crippen LogP contribution in [0.25, 0.3) is 38.9 Å². The topological polar surface area (TPSA) is 65.6 Å². The van der Waals surface area contributed by atoms with Crippen molar-refractivity contribution in [3.63, 3.8) is 0 Å². The lowest BCUT2D eigenvalue weighted by molar-refractivity contribution is 0.628. The lowest BCUT2D eigenvalue weighted by atomic mass is 10.2. The van der Waals surface area contributed by atoms with E-state index in [0.29, 0.717) is 49.8 Å². The lowest BCUT2D eigenvalue weighted by Gasteiger charge is -2.12. The highest BCUT2D eigenvalue weighted by Crippen LogP contribution is 2.30. The van der Waals surface area contributed by atoms with Crippen molar-refractivity contribution >= 4 is 56.4 Å². The minimum absolute atomic E-state index is 0.0463. The van der Waals surface area contributed by atoms with Gasteiger partial charge in [-0.1, -0.05) is 53.5 Å². The maximum absolute atomic E-state index is 13.9. The predicted octanol–water partition coefficient (Wildman–Crippen LogP) is 6.09. The fourth-order valence-electron chi connectivity index (χ4n) is 4.28. The van der Waals surface area contributed by atoms with Crippen LogP contribution in [0.4, 0.5) is 4.39 Å². The number of fused-ring (bicyclic) bond motifs is 4. The minimum atomic E-state index is -0.543. The summed E-state index contributed by atoms with van der Waals surface area (Å²) in [6, 6.07) is 19.1. The van der Waals surface area contributed by atoms with Crippen LogP contribution in [-0.4, -0.2) is 24.1 Å². The van der Waals surface area contributed by atoms with Gasteiger partial charge in [0.25, 0.3) is 5.56 Å². The SMILES string of the molecule is Cc1nc2c(c(=O)n1Cc1ccccc1Cl)c1nc3ccccc3nc1n2-c1ccc(F)c(Cl)c1. The van der Waals surface area contributed by atoms with Crippen molar-refractivity contribution in [2.24, 2.45) is 0 Å². The number of aryl methyl sites for hydroxylation is 1. The number of nitrogens with zero attached hydrogens (tertiary/aromatic N) is 5. The van der Waals surface area contributed by atoms with Crippen LogP contribution in [0.3, 0.4) is 0 Å². The third-order valence-electron chi connectivity index (χ3n) is 6.00. The highest BCUT2D eigenvalue weighted by Gasteiger charge is 2.23. The average molecular weight is 504 g/mol. The van der Waals surface area contributed by atoms with Gasteiger partial charge in [0.1, 0.15) is 22.5 Å². The van der Waals surface area contributed by atoms with E-state index in [1.165, 1.54) is 12.1 Å². The Morgan fingerprint density at radius 2 is 1.57 bits per heavy atom. The van der Waals surface area contributed by atoms with Crippen molar-refractivity contribution in [2.75, 3.05) is 0 Å². The molecule has 0 aliphatic rings. The van der Waals surface area contributed by atoms with Gasteiger partial charge in [-0.05, 0) is 48.9 Å². The van der Waals surface area contributed by atoms with Gasteiger partial charge in [0.2, 0.25) is 0 Å². The molecule has 9 heteroatoms. The van der Waals surface area contributed by atoms with Gasteiger partial charge in [0, 0.05) is 5.02 Å². The molecule has 0 aliphatic carbocycles. The van der Waals surface area contributed by atoms with E-state index in [9.17, 15) is 9.18 Å². The molecule has 0 spiro atoms. The molecular formula is C26H16Cl2FN5O. The maximum atomic E-state index is 13.9. The molecule has 0 N–H and O–H groups in total. The molecule has 3 aromatic heterocycles. The van der Waals surface area contributed by atoms with E-state index in [2.05, 4.69) is 0 Å². The summed E-state index contributed by atoms with van der Waals surface area (Å²) in [5.41, 5.74) is 3.57. The van der Waals surface area contributed by atoms with Crippen LogP contribution < -0.4 is 5.56 Å². The number of hydrogen-bond acceptors (Lipinski definition) is 4. The van der Waals surface area contributed by atoms with Crippen LogP contribution in [-0.2, 0) is 6.54 Å². The highest BCUT2D eigenvalue weighted by atomic mass is 35.5.